The summed E-state index contributed by atoms with van der Waals surface area (Å²) in [6, 6.07) is 0. The van der Waals surface area contributed by atoms with Crippen molar-refractivity contribution in [1.82, 2.24) is 15.1 Å². The number of rotatable bonds is 10. The number of hydrogen-bond acceptors (Lipinski definition) is 3. The third kappa shape index (κ3) is 5.33. The van der Waals surface area contributed by atoms with Crippen LogP contribution in [0.1, 0.15) is 56.0 Å². The summed E-state index contributed by atoms with van der Waals surface area (Å²) in [4.78, 5) is 0. The van der Waals surface area contributed by atoms with Crippen LogP contribution in [0.5, 0.6) is 0 Å². The van der Waals surface area contributed by atoms with Gasteiger partial charge < -0.3 is 10.4 Å². The van der Waals surface area contributed by atoms with Gasteiger partial charge in [-0.3, -0.25) is 4.68 Å². The molecular formula is C15H29N3O. The quantitative estimate of drug-likeness (QED) is 0.641. The maximum Gasteiger partial charge on any atom is 0.0641 e. The number of aliphatic hydroxyl groups excluding tert-OH is 1. The van der Waals surface area contributed by atoms with Gasteiger partial charge in [-0.05, 0) is 39.7 Å². The largest absolute Gasteiger partial charge is 0.396 e. The number of nitrogens with zero attached hydrogens (tertiary/aromatic N) is 2. The second kappa shape index (κ2) is 9.10. The van der Waals surface area contributed by atoms with Crippen LogP contribution in [0, 0.1) is 13.8 Å². The summed E-state index contributed by atoms with van der Waals surface area (Å²) >= 11 is 0. The highest BCUT2D eigenvalue weighted by Crippen LogP contribution is 2.14. The Labute approximate surface area is 117 Å². The molecule has 0 bridgehead atoms. The van der Waals surface area contributed by atoms with Crippen LogP contribution < -0.4 is 5.32 Å². The fraction of sp³-hybridized carbons (Fsp3) is 0.800. The number of aryl methyl sites for hydroxylation is 2. The van der Waals surface area contributed by atoms with Crippen molar-refractivity contribution in [2.75, 3.05) is 13.2 Å². The third-order valence-corrected chi connectivity index (χ3v) is 3.54. The molecule has 0 aromatic carbocycles. The summed E-state index contributed by atoms with van der Waals surface area (Å²) in [7, 11) is 0. The number of hydrogen-bond donors (Lipinski definition) is 2. The monoisotopic (exact) mass is 267 g/mol. The summed E-state index contributed by atoms with van der Waals surface area (Å²) in [6.45, 7) is 9.73. The summed E-state index contributed by atoms with van der Waals surface area (Å²) in [5, 5.41) is 16.8. The van der Waals surface area contributed by atoms with Crippen LogP contribution in [0.2, 0.25) is 0 Å². The first-order valence-electron chi connectivity index (χ1n) is 7.55. The average Bonchev–Trinajstić information content (AvgIpc) is 2.66. The van der Waals surface area contributed by atoms with Gasteiger partial charge in [-0.25, -0.2) is 0 Å². The van der Waals surface area contributed by atoms with Gasteiger partial charge in [0.15, 0.2) is 0 Å². The Hall–Kier alpha value is -0.870. The van der Waals surface area contributed by atoms with Crippen molar-refractivity contribution in [3.05, 3.63) is 17.0 Å². The molecule has 0 fully saturated rings. The summed E-state index contributed by atoms with van der Waals surface area (Å²) < 4.78 is 2.14. The molecule has 1 aromatic heterocycles. The first kappa shape index (κ1) is 16.2. The molecule has 0 saturated heterocycles. The van der Waals surface area contributed by atoms with E-state index in [1.165, 1.54) is 17.7 Å². The Morgan fingerprint density at radius 3 is 2.58 bits per heavy atom. The zero-order valence-electron chi connectivity index (χ0n) is 12.7. The Morgan fingerprint density at radius 2 is 1.89 bits per heavy atom. The Kier molecular flexibility index (Phi) is 7.75. The fourth-order valence-electron chi connectivity index (χ4n) is 2.32. The summed E-state index contributed by atoms with van der Waals surface area (Å²) in [5.41, 5.74) is 3.79. The third-order valence-electron chi connectivity index (χ3n) is 3.54. The second-order valence-corrected chi connectivity index (χ2v) is 5.19. The highest BCUT2D eigenvalue weighted by Gasteiger charge is 2.10. The number of nitrogens with one attached hydrogen (secondary N) is 1. The van der Waals surface area contributed by atoms with Crippen molar-refractivity contribution in [1.29, 1.82) is 0 Å². The number of aliphatic hydroxyl groups is 1. The summed E-state index contributed by atoms with van der Waals surface area (Å²) in [5.74, 6) is 0. The van der Waals surface area contributed by atoms with E-state index in [4.69, 9.17) is 5.11 Å². The van der Waals surface area contributed by atoms with E-state index in [0.29, 0.717) is 6.61 Å². The first-order chi connectivity index (χ1) is 9.20. The van der Waals surface area contributed by atoms with E-state index in [0.717, 1.165) is 51.0 Å². The molecule has 4 nitrogen and oxygen atoms in total. The predicted molar refractivity (Wildman–Crippen MR) is 79.3 cm³/mol. The fourth-order valence-corrected chi connectivity index (χ4v) is 2.32. The highest BCUT2D eigenvalue weighted by molar-refractivity contribution is 5.24. The van der Waals surface area contributed by atoms with Crippen LogP contribution in [-0.4, -0.2) is 28.0 Å². The maximum absolute atomic E-state index is 8.74. The van der Waals surface area contributed by atoms with Crippen molar-refractivity contribution >= 4 is 0 Å². The lowest BCUT2D eigenvalue weighted by atomic mass is 10.2. The molecule has 0 saturated carbocycles. The molecule has 0 aliphatic carbocycles. The van der Waals surface area contributed by atoms with E-state index in [1.54, 1.807) is 0 Å². The molecular weight excluding hydrogens is 238 g/mol. The van der Waals surface area contributed by atoms with E-state index in [2.05, 4.69) is 35.9 Å². The molecule has 1 aromatic rings. The molecule has 0 spiro atoms. The van der Waals surface area contributed by atoms with Gasteiger partial charge in [0.1, 0.15) is 0 Å². The van der Waals surface area contributed by atoms with Crippen molar-refractivity contribution in [2.24, 2.45) is 0 Å². The number of unbranched alkanes of at least 4 members (excludes halogenated alkanes) is 3. The lowest BCUT2D eigenvalue weighted by Gasteiger charge is -2.06. The Morgan fingerprint density at radius 1 is 1.16 bits per heavy atom. The molecule has 19 heavy (non-hydrogen) atoms. The highest BCUT2D eigenvalue weighted by atomic mass is 16.2. The van der Waals surface area contributed by atoms with Gasteiger partial charge in [0.05, 0.1) is 5.69 Å². The van der Waals surface area contributed by atoms with Crippen LogP contribution in [0.4, 0.5) is 0 Å². The van der Waals surface area contributed by atoms with Gasteiger partial charge in [0.2, 0.25) is 0 Å². The molecule has 0 aliphatic rings. The van der Waals surface area contributed by atoms with Crippen LogP contribution in [-0.2, 0) is 13.1 Å². The van der Waals surface area contributed by atoms with E-state index in [-0.39, 0.29) is 0 Å². The normalized spacial score (nSPS) is 11.2. The molecule has 2 N–H and O–H groups in total. The van der Waals surface area contributed by atoms with Crippen LogP contribution in [0.3, 0.4) is 0 Å². The minimum atomic E-state index is 0.313. The molecule has 0 aliphatic heterocycles. The average molecular weight is 267 g/mol. The van der Waals surface area contributed by atoms with Crippen molar-refractivity contribution < 1.29 is 5.11 Å². The predicted octanol–water partition coefficient (Wildman–Crippen LogP) is 2.55. The van der Waals surface area contributed by atoms with Gasteiger partial charge in [-0.15, -0.1) is 0 Å². The molecule has 110 valence electrons. The summed E-state index contributed by atoms with van der Waals surface area (Å²) in [6.07, 6.45) is 5.51. The van der Waals surface area contributed by atoms with E-state index >= 15 is 0 Å². The lowest BCUT2D eigenvalue weighted by molar-refractivity contribution is 0.282. The molecule has 4 heteroatoms. The maximum atomic E-state index is 8.74. The minimum absolute atomic E-state index is 0.313. The van der Waals surface area contributed by atoms with Gasteiger partial charge in [-0.2, -0.15) is 5.10 Å². The first-order valence-corrected chi connectivity index (χ1v) is 7.55. The van der Waals surface area contributed by atoms with Gasteiger partial charge >= 0.3 is 0 Å². The molecule has 0 radical (unpaired) electrons. The van der Waals surface area contributed by atoms with Crippen LogP contribution in [0.25, 0.3) is 0 Å². The standard InChI is InChI=1S/C15H29N3O/c1-4-9-16-12-15-13(2)17-18(14(15)3)10-7-5-6-8-11-19/h16,19H,4-12H2,1-3H3. The van der Waals surface area contributed by atoms with Gasteiger partial charge in [0.25, 0.3) is 0 Å². The zero-order valence-corrected chi connectivity index (χ0v) is 12.7. The van der Waals surface area contributed by atoms with E-state index in [1.807, 2.05) is 0 Å². The molecule has 0 amide bonds. The van der Waals surface area contributed by atoms with Crippen molar-refractivity contribution in [3.8, 4) is 0 Å². The van der Waals surface area contributed by atoms with Crippen LogP contribution >= 0.6 is 0 Å². The van der Waals surface area contributed by atoms with E-state index in [9.17, 15) is 0 Å². The Balaban J connectivity index is 2.44. The lowest BCUT2D eigenvalue weighted by Crippen LogP contribution is -2.15. The topological polar surface area (TPSA) is 50.1 Å². The molecule has 1 heterocycles. The van der Waals surface area contributed by atoms with Gasteiger partial charge in [0, 0.05) is 31.0 Å². The second-order valence-electron chi connectivity index (χ2n) is 5.19. The SMILES string of the molecule is CCCNCc1c(C)nn(CCCCCCO)c1C. The minimum Gasteiger partial charge on any atom is -0.396 e. The van der Waals surface area contributed by atoms with Crippen molar-refractivity contribution in [2.45, 2.75) is 66.0 Å². The Bertz CT molecular complexity index is 361. The van der Waals surface area contributed by atoms with Crippen LogP contribution in [0.15, 0.2) is 0 Å². The van der Waals surface area contributed by atoms with E-state index < -0.39 is 0 Å². The van der Waals surface area contributed by atoms with Crippen molar-refractivity contribution in [3.63, 3.8) is 0 Å². The molecule has 0 unspecified atom stereocenters. The molecule has 0 atom stereocenters. The number of aromatic nitrogens is 2. The molecule has 1 rings (SSSR count). The zero-order chi connectivity index (χ0) is 14.1. The smallest absolute Gasteiger partial charge is 0.0641 e. The van der Waals surface area contributed by atoms with Gasteiger partial charge in [-0.1, -0.05) is 19.8 Å².